The van der Waals surface area contributed by atoms with Crippen molar-refractivity contribution in [1.29, 1.82) is 0 Å². The van der Waals surface area contributed by atoms with Gasteiger partial charge < -0.3 is 10.1 Å². The maximum Gasteiger partial charge on any atom is 0.218 e. The number of hydrogen-bond acceptors (Lipinski definition) is 4. The number of nitrogens with zero attached hydrogens (tertiary/aromatic N) is 2. The molecular weight excluding hydrogens is 262 g/mol. The Bertz CT molecular complexity index is 534. The number of anilines is 1. The van der Waals surface area contributed by atoms with Gasteiger partial charge in [0.1, 0.15) is 12.1 Å². The lowest BCUT2D eigenvalue weighted by Crippen LogP contribution is -2.03. The van der Waals surface area contributed by atoms with Gasteiger partial charge in [-0.1, -0.05) is 24.3 Å². The van der Waals surface area contributed by atoms with Gasteiger partial charge in [0.25, 0.3) is 0 Å². The van der Waals surface area contributed by atoms with Crippen LogP contribution in [0.1, 0.15) is 18.1 Å². The van der Waals surface area contributed by atoms with E-state index in [1.54, 1.807) is 6.07 Å². The van der Waals surface area contributed by atoms with E-state index in [0.717, 1.165) is 16.9 Å². The van der Waals surface area contributed by atoms with E-state index in [9.17, 15) is 0 Å². The van der Waals surface area contributed by atoms with Crippen molar-refractivity contribution in [2.75, 3.05) is 11.9 Å². The number of nitrogens with one attached hydrogen (secondary N) is 1. The standard InChI is InChI=1S/C14H16ClN3O/c1-2-19-14-7-13(17-10-18-14)16-9-12-5-3-4-11(6-12)8-15/h3-7,10H,2,8-9H2,1H3,(H,16,17,18). The summed E-state index contributed by atoms with van der Waals surface area (Å²) in [5.74, 6) is 1.85. The van der Waals surface area contributed by atoms with Gasteiger partial charge in [0, 0.05) is 18.5 Å². The molecule has 100 valence electrons. The Morgan fingerprint density at radius 2 is 2.05 bits per heavy atom. The third-order valence-electron chi connectivity index (χ3n) is 2.55. The normalized spacial score (nSPS) is 10.2. The largest absolute Gasteiger partial charge is 0.478 e. The molecule has 0 amide bonds. The van der Waals surface area contributed by atoms with Crippen molar-refractivity contribution in [2.24, 2.45) is 0 Å². The molecule has 0 aliphatic rings. The van der Waals surface area contributed by atoms with Crippen molar-refractivity contribution in [3.63, 3.8) is 0 Å². The number of aromatic nitrogens is 2. The lowest BCUT2D eigenvalue weighted by molar-refractivity contribution is 0.326. The number of hydrogen-bond donors (Lipinski definition) is 1. The smallest absolute Gasteiger partial charge is 0.218 e. The molecule has 2 rings (SSSR count). The van der Waals surface area contributed by atoms with Gasteiger partial charge >= 0.3 is 0 Å². The monoisotopic (exact) mass is 277 g/mol. The molecule has 0 aliphatic carbocycles. The van der Waals surface area contributed by atoms with Crippen LogP contribution in [0.3, 0.4) is 0 Å². The second-order valence-electron chi connectivity index (χ2n) is 3.98. The van der Waals surface area contributed by atoms with Gasteiger partial charge in [-0.3, -0.25) is 0 Å². The molecule has 0 saturated carbocycles. The first kappa shape index (κ1) is 13.6. The Hall–Kier alpha value is -1.81. The van der Waals surface area contributed by atoms with E-state index in [4.69, 9.17) is 16.3 Å². The maximum absolute atomic E-state index is 5.81. The average Bonchev–Trinajstić information content (AvgIpc) is 2.46. The van der Waals surface area contributed by atoms with Crippen molar-refractivity contribution in [1.82, 2.24) is 9.97 Å². The third kappa shape index (κ3) is 4.10. The van der Waals surface area contributed by atoms with E-state index >= 15 is 0 Å². The molecule has 2 aromatic rings. The van der Waals surface area contributed by atoms with Crippen LogP contribution in [-0.2, 0) is 12.4 Å². The second kappa shape index (κ2) is 6.95. The minimum absolute atomic E-state index is 0.524. The summed E-state index contributed by atoms with van der Waals surface area (Å²) < 4.78 is 5.33. The minimum Gasteiger partial charge on any atom is -0.478 e. The number of halogens is 1. The molecule has 0 saturated heterocycles. The van der Waals surface area contributed by atoms with Crippen LogP contribution in [0.4, 0.5) is 5.82 Å². The van der Waals surface area contributed by atoms with Crippen molar-refractivity contribution >= 4 is 17.4 Å². The zero-order chi connectivity index (χ0) is 13.5. The lowest BCUT2D eigenvalue weighted by atomic mass is 10.1. The van der Waals surface area contributed by atoms with E-state index in [1.807, 2.05) is 25.1 Å². The Kier molecular flexibility index (Phi) is 4.98. The van der Waals surface area contributed by atoms with Crippen molar-refractivity contribution in [2.45, 2.75) is 19.3 Å². The fourth-order valence-electron chi connectivity index (χ4n) is 1.68. The van der Waals surface area contributed by atoms with Crippen molar-refractivity contribution < 1.29 is 4.74 Å². The second-order valence-corrected chi connectivity index (χ2v) is 4.25. The topological polar surface area (TPSA) is 47.0 Å². The van der Waals surface area contributed by atoms with Gasteiger partial charge in [-0.15, -0.1) is 11.6 Å². The molecule has 0 fully saturated rings. The van der Waals surface area contributed by atoms with Crippen LogP contribution in [0.25, 0.3) is 0 Å². The van der Waals surface area contributed by atoms with Gasteiger partial charge in [0.05, 0.1) is 6.61 Å². The van der Waals surface area contributed by atoms with Crippen LogP contribution in [-0.4, -0.2) is 16.6 Å². The molecule has 5 heteroatoms. The van der Waals surface area contributed by atoms with Crippen LogP contribution in [0, 0.1) is 0 Å². The van der Waals surface area contributed by atoms with Gasteiger partial charge in [0.15, 0.2) is 0 Å². The van der Waals surface area contributed by atoms with E-state index in [2.05, 4.69) is 21.4 Å². The van der Waals surface area contributed by atoms with E-state index in [1.165, 1.54) is 6.33 Å². The summed E-state index contributed by atoms with van der Waals surface area (Å²) in [6.45, 7) is 3.20. The minimum atomic E-state index is 0.524. The van der Waals surface area contributed by atoms with Gasteiger partial charge in [0.2, 0.25) is 5.88 Å². The molecule has 0 atom stereocenters. The molecule has 0 unspecified atom stereocenters. The quantitative estimate of drug-likeness (QED) is 0.824. The molecule has 1 aromatic heterocycles. The Balaban J connectivity index is 1.99. The van der Waals surface area contributed by atoms with Crippen LogP contribution in [0.5, 0.6) is 5.88 Å². The summed E-state index contributed by atoms with van der Waals surface area (Å²) in [5, 5.41) is 3.24. The highest BCUT2D eigenvalue weighted by atomic mass is 35.5. The highest BCUT2D eigenvalue weighted by Crippen LogP contribution is 2.13. The number of benzene rings is 1. The molecule has 0 radical (unpaired) electrons. The van der Waals surface area contributed by atoms with Crippen LogP contribution >= 0.6 is 11.6 Å². The zero-order valence-corrected chi connectivity index (χ0v) is 11.5. The molecule has 4 nitrogen and oxygen atoms in total. The van der Waals surface area contributed by atoms with Crippen molar-refractivity contribution in [3.8, 4) is 5.88 Å². The summed E-state index contributed by atoms with van der Waals surface area (Å²) in [6, 6.07) is 9.92. The highest BCUT2D eigenvalue weighted by Gasteiger charge is 2.00. The van der Waals surface area contributed by atoms with Gasteiger partial charge in [-0.25, -0.2) is 9.97 Å². The van der Waals surface area contributed by atoms with Crippen LogP contribution < -0.4 is 10.1 Å². The molecule has 0 bridgehead atoms. The lowest BCUT2D eigenvalue weighted by Gasteiger charge is -2.08. The molecular formula is C14H16ClN3O. The highest BCUT2D eigenvalue weighted by molar-refractivity contribution is 6.17. The number of rotatable bonds is 6. The van der Waals surface area contributed by atoms with E-state index in [0.29, 0.717) is 24.9 Å². The summed E-state index contributed by atoms with van der Waals surface area (Å²) in [6.07, 6.45) is 1.49. The summed E-state index contributed by atoms with van der Waals surface area (Å²) >= 11 is 5.81. The van der Waals surface area contributed by atoms with Gasteiger partial charge in [-0.2, -0.15) is 0 Å². The Morgan fingerprint density at radius 1 is 1.21 bits per heavy atom. The average molecular weight is 278 g/mol. The number of alkyl halides is 1. The van der Waals surface area contributed by atoms with Crippen molar-refractivity contribution in [3.05, 3.63) is 47.8 Å². The van der Waals surface area contributed by atoms with E-state index < -0.39 is 0 Å². The Morgan fingerprint density at radius 3 is 2.84 bits per heavy atom. The summed E-state index contributed by atoms with van der Waals surface area (Å²) in [7, 11) is 0. The molecule has 1 aromatic carbocycles. The first-order valence-electron chi connectivity index (χ1n) is 6.14. The van der Waals surface area contributed by atoms with Gasteiger partial charge in [-0.05, 0) is 18.1 Å². The predicted molar refractivity (Wildman–Crippen MR) is 76.5 cm³/mol. The first-order chi connectivity index (χ1) is 9.31. The molecule has 1 N–H and O–H groups in total. The maximum atomic E-state index is 5.81. The van der Waals surface area contributed by atoms with Crippen LogP contribution in [0.2, 0.25) is 0 Å². The molecule has 0 spiro atoms. The molecule has 19 heavy (non-hydrogen) atoms. The number of ether oxygens (including phenoxy) is 1. The summed E-state index contributed by atoms with van der Waals surface area (Å²) in [4.78, 5) is 8.17. The fraction of sp³-hybridized carbons (Fsp3) is 0.286. The fourth-order valence-corrected chi connectivity index (χ4v) is 1.84. The molecule has 1 heterocycles. The SMILES string of the molecule is CCOc1cc(NCc2cccc(CCl)c2)ncn1. The van der Waals surface area contributed by atoms with E-state index in [-0.39, 0.29) is 0 Å². The summed E-state index contributed by atoms with van der Waals surface area (Å²) in [5.41, 5.74) is 2.27. The third-order valence-corrected chi connectivity index (χ3v) is 2.86. The Labute approximate surface area is 117 Å². The van der Waals surface area contributed by atoms with Crippen LogP contribution in [0.15, 0.2) is 36.7 Å². The zero-order valence-electron chi connectivity index (χ0n) is 10.8. The first-order valence-corrected chi connectivity index (χ1v) is 6.67. The molecule has 0 aliphatic heterocycles. The predicted octanol–water partition coefficient (Wildman–Crippen LogP) is 3.23.